The van der Waals surface area contributed by atoms with Gasteiger partial charge in [-0.15, -0.1) is 0 Å². The van der Waals surface area contributed by atoms with E-state index in [2.05, 4.69) is 20.2 Å². The molecule has 2 fully saturated rings. The van der Waals surface area contributed by atoms with Crippen LogP contribution >= 0.6 is 0 Å². The van der Waals surface area contributed by atoms with Crippen molar-refractivity contribution < 1.29 is 23.1 Å². The third-order valence-corrected chi connectivity index (χ3v) is 6.95. The van der Waals surface area contributed by atoms with Crippen molar-refractivity contribution in [1.82, 2.24) is 24.8 Å². The van der Waals surface area contributed by atoms with Crippen molar-refractivity contribution >= 4 is 28.5 Å². The molecule has 1 unspecified atom stereocenters. The van der Waals surface area contributed by atoms with Crippen LogP contribution in [0.1, 0.15) is 26.8 Å². The molecule has 2 aliphatic rings. The van der Waals surface area contributed by atoms with E-state index in [1.807, 2.05) is 36.1 Å². The topological polar surface area (TPSA) is 92.6 Å². The zero-order chi connectivity index (χ0) is 25.4. The summed E-state index contributed by atoms with van der Waals surface area (Å²) < 4.78 is 34.2. The van der Waals surface area contributed by atoms with Crippen LogP contribution in [0.25, 0.3) is 22.3 Å². The number of piperazine rings is 1. The van der Waals surface area contributed by atoms with Crippen molar-refractivity contribution in [3.63, 3.8) is 0 Å². The first kappa shape index (κ1) is 24.0. The Balaban J connectivity index is 1.42. The number of benzene rings is 1. The zero-order valence-corrected chi connectivity index (χ0v) is 20.2. The number of alkyl halides is 2. The van der Waals surface area contributed by atoms with Gasteiger partial charge >= 0.3 is 6.55 Å². The van der Waals surface area contributed by atoms with Crippen LogP contribution < -0.4 is 15.0 Å². The van der Waals surface area contributed by atoms with Gasteiger partial charge in [-0.05, 0) is 25.1 Å². The first-order valence-corrected chi connectivity index (χ1v) is 12.0. The molecule has 4 heterocycles. The Kier molecular flexibility index (Phi) is 6.46. The Morgan fingerprint density at radius 2 is 1.89 bits per heavy atom. The third kappa shape index (κ3) is 4.69. The molecule has 36 heavy (non-hydrogen) atoms. The standard InChI is InChI=1S/C25H28F2N6O3/c1-15(18-11-22(35)28-13-18)36-24-23-21(29-14-33(23)25(26)27)12-20(30-24)17-3-5-19(6-4-17)32-9-7-31(8-10-32)16(2)34/h3-6,12,14-15,18,25H,7-11,13H2,1-2H3,(H,28,35)/t15-,18?/m1/s1. The minimum absolute atomic E-state index is 0.0530. The molecule has 2 atom stereocenters. The smallest absolute Gasteiger partial charge is 0.320 e. The summed E-state index contributed by atoms with van der Waals surface area (Å²) in [5, 5.41) is 2.78. The van der Waals surface area contributed by atoms with Crippen molar-refractivity contribution in [3.8, 4) is 17.1 Å². The van der Waals surface area contributed by atoms with Crippen LogP contribution in [0.4, 0.5) is 14.5 Å². The van der Waals surface area contributed by atoms with Gasteiger partial charge in [0.2, 0.25) is 17.7 Å². The van der Waals surface area contributed by atoms with E-state index in [4.69, 9.17) is 4.74 Å². The van der Waals surface area contributed by atoms with Gasteiger partial charge in [0.15, 0.2) is 0 Å². The van der Waals surface area contributed by atoms with Crippen molar-refractivity contribution in [3.05, 3.63) is 36.7 Å². The number of anilines is 1. The van der Waals surface area contributed by atoms with E-state index in [0.29, 0.717) is 37.3 Å². The lowest BCUT2D eigenvalue weighted by Crippen LogP contribution is -2.48. The molecule has 0 aliphatic carbocycles. The SMILES string of the molecule is CC(=O)N1CCN(c2ccc(-c3cc4ncn(C(F)F)c4c(O[C@H](C)C4CNC(=O)C4)n3)cc2)CC1. The zero-order valence-electron chi connectivity index (χ0n) is 20.2. The van der Waals surface area contributed by atoms with Crippen LogP contribution in [0.5, 0.6) is 5.88 Å². The number of carbonyl (C=O) groups is 2. The predicted octanol–water partition coefficient (Wildman–Crippen LogP) is 3.07. The number of fused-ring (bicyclic) bond motifs is 1. The van der Waals surface area contributed by atoms with Gasteiger partial charge in [0, 0.05) is 63.2 Å². The van der Waals surface area contributed by atoms with Gasteiger partial charge in [-0.25, -0.2) is 9.97 Å². The van der Waals surface area contributed by atoms with Gasteiger partial charge in [-0.2, -0.15) is 8.78 Å². The Hall–Kier alpha value is -3.76. The van der Waals surface area contributed by atoms with Crippen LogP contribution in [0.2, 0.25) is 0 Å². The second-order valence-electron chi connectivity index (χ2n) is 9.24. The third-order valence-electron chi connectivity index (χ3n) is 6.95. The normalized spacial score (nSPS) is 19.1. The minimum Gasteiger partial charge on any atom is -0.473 e. The molecule has 11 heteroatoms. The Morgan fingerprint density at radius 3 is 2.50 bits per heavy atom. The highest BCUT2D eigenvalue weighted by Crippen LogP contribution is 2.33. The second-order valence-corrected chi connectivity index (χ2v) is 9.24. The van der Waals surface area contributed by atoms with E-state index in [1.165, 1.54) is 0 Å². The molecular formula is C25H28F2N6O3. The van der Waals surface area contributed by atoms with Crippen LogP contribution in [0.15, 0.2) is 36.7 Å². The quantitative estimate of drug-likeness (QED) is 0.562. The summed E-state index contributed by atoms with van der Waals surface area (Å²) in [5.41, 5.74) is 2.86. The molecule has 9 nitrogen and oxygen atoms in total. The van der Waals surface area contributed by atoms with Crippen molar-refractivity contribution in [2.45, 2.75) is 32.9 Å². The van der Waals surface area contributed by atoms with Gasteiger partial charge in [-0.1, -0.05) is 12.1 Å². The number of imidazole rings is 1. The number of hydrogen-bond donors (Lipinski definition) is 1. The minimum atomic E-state index is -2.79. The Bertz CT molecular complexity index is 1270. The van der Waals surface area contributed by atoms with Crippen molar-refractivity contribution in [2.75, 3.05) is 37.6 Å². The number of hydrogen-bond acceptors (Lipinski definition) is 6. The van der Waals surface area contributed by atoms with Crippen molar-refractivity contribution in [1.29, 1.82) is 0 Å². The summed E-state index contributed by atoms with van der Waals surface area (Å²) in [6, 6.07) is 9.51. The highest BCUT2D eigenvalue weighted by molar-refractivity contribution is 5.85. The van der Waals surface area contributed by atoms with Gasteiger partial charge < -0.3 is 19.9 Å². The van der Waals surface area contributed by atoms with Gasteiger partial charge in [0.05, 0.1) is 11.2 Å². The molecule has 1 aromatic carbocycles. The number of halogens is 2. The fourth-order valence-electron chi connectivity index (χ4n) is 4.76. The molecule has 0 bridgehead atoms. The first-order chi connectivity index (χ1) is 17.3. The first-order valence-electron chi connectivity index (χ1n) is 12.0. The summed E-state index contributed by atoms with van der Waals surface area (Å²) >= 11 is 0. The van der Waals surface area contributed by atoms with Crippen LogP contribution in [-0.2, 0) is 9.59 Å². The molecule has 2 saturated heterocycles. The average Bonchev–Trinajstić information content (AvgIpc) is 3.51. The van der Waals surface area contributed by atoms with Crippen LogP contribution in [-0.4, -0.2) is 70.1 Å². The van der Waals surface area contributed by atoms with Crippen LogP contribution in [0, 0.1) is 5.92 Å². The molecular weight excluding hydrogens is 470 g/mol. The molecule has 2 aliphatic heterocycles. The molecule has 0 saturated carbocycles. The van der Waals surface area contributed by atoms with E-state index in [0.717, 1.165) is 35.2 Å². The monoisotopic (exact) mass is 498 g/mol. The molecule has 5 rings (SSSR count). The molecule has 2 aromatic heterocycles. The van der Waals surface area contributed by atoms with E-state index in [9.17, 15) is 18.4 Å². The summed E-state index contributed by atoms with van der Waals surface area (Å²) in [6.07, 6.45) is 0.996. The molecule has 2 amide bonds. The van der Waals surface area contributed by atoms with E-state index in [1.54, 1.807) is 13.0 Å². The number of pyridine rings is 1. The average molecular weight is 499 g/mol. The largest absolute Gasteiger partial charge is 0.473 e. The Morgan fingerprint density at radius 1 is 1.17 bits per heavy atom. The second kappa shape index (κ2) is 9.71. The maximum absolute atomic E-state index is 13.7. The summed E-state index contributed by atoms with van der Waals surface area (Å²) in [7, 11) is 0. The van der Waals surface area contributed by atoms with Gasteiger partial charge in [0.25, 0.3) is 0 Å². The maximum atomic E-state index is 13.7. The highest BCUT2D eigenvalue weighted by atomic mass is 19.3. The number of aromatic nitrogens is 3. The Labute approximate surface area is 207 Å². The predicted molar refractivity (Wildman–Crippen MR) is 130 cm³/mol. The lowest BCUT2D eigenvalue weighted by Gasteiger charge is -2.35. The molecule has 0 radical (unpaired) electrons. The van der Waals surface area contributed by atoms with E-state index < -0.39 is 12.7 Å². The molecule has 3 aromatic rings. The van der Waals surface area contributed by atoms with Gasteiger partial charge in [0.1, 0.15) is 17.9 Å². The number of ether oxygens (including phenoxy) is 1. The number of nitrogens with zero attached hydrogens (tertiary/aromatic N) is 5. The lowest BCUT2D eigenvalue weighted by molar-refractivity contribution is -0.129. The fraction of sp³-hybridized carbons (Fsp3) is 0.440. The maximum Gasteiger partial charge on any atom is 0.320 e. The summed E-state index contributed by atoms with van der Waals surface area (Å²) in [4.78, 5) is 36.1. The molecule has 1 N–H and O–H groups in total. The van der Waals surface area contributed by atoms with E-state index in [-0.39, 0.29) is 29.1 Å². The summed E-state index contributed by atoms with van der Waals surface area (Å²) in [5.74, 6) is 0.0202. The van der Waals surface area contributed by atoms with Gasteiger partial charge in [-0.3, -0.25) is 14.2 Å². The number of amides is 2. The number of carbonyl (C=O) groups excluding carboxylic acids is 2. The molecule has 190 valence electrons. The number of rotatable bonds is 6. The summed E-state index contributed by atoms with van der Waals surface area (Å²) in [6.45, 7) is 3.95. The van der Waals surface area contributed by atoms with Crippen molar-refractivity contribution in [2.24, 2.45) is 5.92 Å². The van der Waals surface area contributed by atoms with Crippen LogP contribution in [0.3, 0.4) is 0 Å². The highest BCUT2D eigenvalue weighted by Gasteiger charge is 2.29. The van der Waals surface area contributed by atoms with E-state index >= 15 is 0 Å². The fourth-order valence-corrected chi connectivity index (χ4v) is 4.76. The molecule has 0 spiro atoms. The number of nitrogens with one attached hydrogen (secondary N) is 1. The lowest BCUT2D eigenvalue weighted by atomic mass is 10.0.